The maximum atomic E-state index is 4.77. The smallest absolute Gasteiger partial charge is 0.124 e. The molecule has 2 nitrogen and oxygen atoms in total. The molecule has 0 amide bonds. The van der Waals surface area contributed by atoms with Gasteiger partial charge in [0.2, 0.25) is 0 Å². The van der Waals surface area contributed by atoms with E-state index >= 15 is 0 Å². The van der Waals surface area contributed by atoms with E-state index in [9.17, 15) is 0 Å². The molecule has 1 heterocycles. The highest BCUT2D eigenvalue weighted by Gasteiger charge is 2.07. The van der Waals surface area contributed by atoms with Crippen molar-refractivity contribution >= 4 is 32.9 Å². The summed E-state index contributed by atoms with van der Waals surface area (Å²) in [6.45, 7) is 0. The lowest BCUT2D eigenvalue weighted by Gasteiger charge is -2.08. The fourth-order valence-electron chi connectivity index (χ4n) is 3.25. The predicted molar refractivity (Wildman–Crippen MR) is 120 cm³/mol. The number of hydrogen-bond donors (Lipinski definition) is 1. The first-order valence-electron chi connectivity index (χ1n) is 9.24. The van der Waals surface area contributed by atoms with Crippen LogP contribution in [-0.2, 0) is 0 Å². The molecule has 0 fully saturated rings. The number of anilines is 2. The molecule has 134 valence electrons. The van der Waals surface area contributed by atoms with Gasteiger partial charge in [-0.15, -0.1) is 11.3 Å². The van der Waals surface area contributed by atoms with Gasteiger partial charge in [-0.05, 0) is 41.5 Å². The normalized spacial score (nSPS) is 10.9. The number of nitrogens with one attached hydrogen (secondary N) is 1. The molecule has 0 aliphatic rings. The van der Waals surface area contributed by atoms with Crippen molar-refractivity contribution in [1.29, 1.82) is 0 Å². The van der Waals surface area contributed by atoms with Gasteiger partial charge in [0.25, 0.3) is 0 Å². The van der Waals surface area contributed by atoms with Crippen LogP contribution in [0, 0.1) is 0 Å². The first-order valence-corrected chi connectivity index (χ1v) is 10.1. The molecule has 0 bridgehead atoms. The number of rotatable bonds is 4. The van der Waals surface area contributed by atoms with Crippen LogP contribution in [0.4, 0.5) is 11.4 Å². The largest absolute Gasteiger partial charge is 0.355 e. The van der Waals surface area contributed by atoms with Crippen molar-refractivity contribution in [1.82, 2.24) is 4.98 Å². The zero-order chi connectivity index (χ0) is 18.8. The van der Waals surface area contributed by atoms with Gasteiger partial charge in [0.1, 0.15) is 5.01 Å². The second kappa shape index (κ2) is 7.29. The number of thiazole rings is 1. The van der Waals surface area contributed by atoms with Crippen LogP contribution in [0.25, 0.3) is 31.9 Å². The quantitative estimate of drug-likeness (QED) is 0.353. The second-order valence-electron chi connectivity index (χ2n) is 6.64. The van der Waals surface area contributed by atoms with Crippen molar-refractivity contribution in [3.8, 4) is 21.7 Å². The standard InChI is InChI=1S/C25H18N2S/c1-3-7-18(8-4-1)19-11-13-21(14-12-19)26-22-15-16-23-24(17-22)28-25(27-23)20-9-5-2-6-10-20/h1-17,26H. The molecule has 1 aromatic heterocycles. The van der Waals surface area contributed by atoms with Gasteiger partial charge in [0, 0.05) is 16.9 Å². The van der Waals surface area contributed by atoms with Crippen molar-refractivity contribution in [3.63, 3.8) is 0 Å². The summed E-state index contributed by atoms with van der Waals surface area (Å²) in [6.07, 6.45) is 0. The Bertz CT molecular complexity index is 1210. The second-order valence-corrected chi connectivity index (χ2v) is 7.67. The van der Waals surface area contributed by atoms with E-state index in [1.54, 1.807) is 11.3 Å². The molecule has 0 unspecified atom stereocenters. The van der Waals surface area contributed by atoms with Crippen LogP contribution in [-0.4, -0.2) is 4.98 Å². The van der Waals surface area contributed by atoms with Gasteiger partial charge < -0.3 is 5.32 Å². The number of hydrogen-bond acceptors (Lipinski definition) is 3. The van der Waals surface area contributed by atoms with E-state index < -0.39 is 0 Å². The lowest BCUT2D eigenvalue weighted by molar-refractivity contribution is 1.47. The number of nitrogens with zero attached hydrogens (tertiary/aromatic N) is 1. The molecule has 0 aliphatic carbocycles. The molecular formula is C25H18N2S. The summed E-state index contributed by atoms with van der Waals surface area (Å²) < 4.78 is 1.18. The van der Waals surface area contributed by atoms with Crippen molar-refractivity contribution in [2.24, 2.45) is 0 Å². The molecule has 0 atom stereocenters. The summed E-state index contributed by atoms with van der Waals surface area (Å²) in [4.78, 5) is 4.77. The van der Waals surface area contributed by atoms with Crippen molar-refractivity contribution in [2.45, 2.75) is 0 Å². The van der Waals surface area contributed by atoms with E-state index in [0.717, 1.165) is 27.5 Å². The van der Waals surface area contributed by atoms with Crippen LogP contribution in [0.5, 0.6) is 0 Å². The van der Waals surface area contributed by atoms with Gasteiger partial charge in [-0.2, -0.15) is 0 Å². The summed E-state index contributed by atoms with van der Waals surface area (Å²) in [5, 5.41) is 4.56. The lowest BCUT2D eigenvalue weighted by Crippen LogP contribution is -1.89. The first kappa shape index (κ1) is 16.7. The SMILES string of the molecule is c1ccc(-c2ccc(Nc3ccc4nc(-c5ccccc5)sc4c3)cc2)cc1. The van der Waals surface area contributed by atoms with Crippen molar-refractivity contribution < 1.29 is 0 Å². The van der Waals surface area contributed by atoms with Gasteiger partial charge in [0.05, 0.1) is 10.2 Å². The van der Waals surface area contributed by atoms with Gasteiger partial charge in [0.15, 0.2) is 0 Å². The third-order valence-corrected chi connectivity index (χ3v) is 5.76. The maximum Gasteiger partial charge on any atom is 0.124 e. The highest BCUT2D eigenvalue weighted by atomic mass is 32.1. The third-order valence-electron chi connectivity index (χ3n) is 4.69. The summed E-state index contributed by atoms with van der Waals surface area (Å²) in [5.41, 5.74) is 6.80. The van der Waals surface area contributed by atoms with Gasteiger partial charge in [-0.3, -0.25) is 0 Å². The molecule has 0 spiro atoms. The fraction of sp³-hybridized carbons (Fsp3) is 0. The fourth-order valence-corrected chi connectivity index (χ4v) is 4.26. The van der Waals surface area contributed by atoms with Crippen LogP contribution in [0.1, 0.15) is 0 Å². The van der Waals surface area contributed by atoms with Crippen molar-refractivity contribution in [2.75, 3.05) is 5.32 Å². The Morgan fingerprint density at radius 1 is 0.571 bits per heavy atom. The Hall–Kier alpha value is -3.43. The van der Waals surface area contributed by atoms with Crippen LogP contribution < -0.4 is 5.32 Å². The summed E-state index contributed by atoms with van der Waals surface area (Å²) in [6, 6.07) is 35.6. The van der Waals surface area contributed by atoms with Crippen LogP contribution in [0.3, 0.4) is 0 Å². The Morgan fingerprint density at radius 3 is 1.89 bits per heavy atom. The van der Waals surface area contributed by atoms with E-state index in [4.69, 9.17) is 4.98 Å². The topological polar surface area (TPSA) is 24.9 Å². The molecule has 5 rings (SSSR count). The minimum atomic E-state index is 1.04. The summed E-state index contributed by atoms with van der Waals surface area (Å²) >= 11 is 1.72. The van der Waals surface area contributed by atoms with Crippen LogP contribution >= 0.6 is 11.3 Å². The Balaban J connectivity index is 1.39. The molecular weight excluding hydrogens is 360 g/mol. The molecule has 0 saturated carbocycles. The van der Waals surface area contributed by atoms with Gasteiger partial charge in [-0.1, -0.05) is 72.8 Å². The monoisotopic (exact) mass is 378 g/mol. The Labute approximate surface area is 168 Å². The zero-order valence-electron chi connectivity index (χ0n) is 15.2. The highest BCUT2D eigenvalue weighted by molar-refractivity contribution is 7.21. The first-order chi connectivity index (χ1) is 13.8. The van der Waals surface area contributed by atoms with E-state index in [2.05, 4.69) is 84.2 Å². The molecule has 1 N–H and O–H groups in total. The maximum absolute atomic E-state index is 4.77. The average Bonchev–Trinajstić information content (AvgIpc) is 3.19. The van der Waals surface area contributed by atoms with Crippen LogP contribution in [0.15, 0.2) is 103 Å². The molecule has 28 heavy (non-hydrogen) atoms. The minimum absolute atomic E-state index is 1.04. The number of fused-ring (bicyclic) bond motifs is 1. The van der Waals surface area contributed by atoms with Crippen molar-refractivity contribution in [3.05, 3.63) is 103 Å². The summed E-state index contributed by atoms with van der Waals surface area (Å²) in [5.74, 6) is 0. The lowest BCUT2D eigenvalue weighted by atomic mass is 10.1. The Kier molecular flexibility index (Phi) is 4.36. The predicted octanol–water partition coefficient (Wildman–Crippen LogP) is 7.37. The van der Waals surface area contributed by atoms with E-state index in [-0.39, 0.29) is 0 Å². The average molecular weight is 379 g/mol. The molecule has 0 radical (unpaired) electrons. The van der Waals surface area contributed by atoms with Gasteiger partial charge in [-0.25, -0.2) is 4.98 Å². The van der Waals surface area contributed by atoms with E-state index in [0.29, 0.717) is 0 Å². The molecule has 5 aromatic rings. The molecule has 4 aromatic carbocycles. The molecule has 3 heteroatoms. The third kappa shape index (κ3) is 3.40. The van der Waals surface area contributed by atoms with E-state index in [1.807, 2.05) is 24.3 Å². The summed E-state index contributed by atoms with van der Waals surface area (Å²) in [7, 11) is 0. The minimum Gasteiger partial charge on any atom is -0.355 e. The van der Waals surface area contributed by atoms with Crippen LogP contribution in [0.2, 0.25) is 0 Å². The zero-order valence-corrected chi connectivity index (χ0v) is 16.0. The van der Waals surface area contributed by atoms with E-state index in [1.165, 1.54) is 15.8 Å². The number of aromatic nitrogens is 1. The molecule has 0 saturated heterocycles. The highest BCUT2D eigenvalue weighted by Crippen LogP contribution is 2.32. The molecule has 0 aliphatic heterocycles. The van der Waals surface area contributed by atoms with Gasteiger partial charge >= 0.3 is 0 Å². The Morgan fingerprint density at radius 2 is 1.18 bits per heavy atom. The number of benzene rings is 4.